The summed E-state index contributed by atoms with van der Waals surface area (Å²) in [7, 11) is 1.54. The fraction of sp³-hybridized carbons (Fsp3) is 0.400. The highest BCUT2D eigenvalue weighted by molar-refractivity contribution is 6.31. The van der Waals surface area contributed by atoms with Gasteiger partial charge in [0.2, 0.25) is 0 Å². The van der Waals surface area contributed by atoms with Crippen LogP contribution < -0.4 is 20.1 Å². The number of methoxy groups -OCH3 is 1. The number of ether oxygens (including phenoxy) is 2. The van der Waals surface area contributed by atoms with Gasteiger partial charge in [0.15, 0.2) is 11.5 Å². The van der Waals surface area contributed by atoms with Crippen LogP contribution in [0.3, 0.4) is 0 Å². The monoisotopic (exact) mass is 430 g/mol. The van der Waals surface area contributed by atoms with Crippen molar-refractivity contribution in [3.8, 4) is 11.5 Å². The zero-order chi connectivity index (χ0) is 20.4. The van der Waals surface area contributed by atoms with Gasteiger partial charge in [-0.25, -0.2) is 4.39 Å². The van der Waals surface area contributed by atoms with Crippen LogP contribution >= 0.6 is 23.2 Å². The van der Waals surface area contributed by atoms with Gasteiger partial charge in [-0.2, -0.15) is 0 Å². The molecule has 0 bridgehead atoms. The van der Waals surface area contributed by atoms with Gasteiger partial charge in [-0.05, 0) is 43.3 Å². The molecule has 8 heteroatoms. The molecule has 2 aromatic carbocycles. The number of aliphatic hydroxyl groups is 1. The van der Waals surface area contributed by atoms with Gasteiger partial charge in [-0.3, -0.25) is 0 Å². The molecule has 5 nitrogen and oxygen atoms in total. The van der Waals surface area contributed by atoms with E-state index in [4.69, 9.17) is 37.8 Å². The van der Waals surface area contributed by atoms with Crippen molar-refractivity contribution >= 4 is 23.2 Å². The Kier molecular flexibility index (Phi) is 9.81. The Morgan fingerprint density at radius 2 is 1.82 bits per heavy atom. The van der Waals surface area contributed by atoms with E-state index < -0.39 is 5.82 Å². The molecular formula is C20H25Cl2FN2O3. The second kappa shape index (κ2) is 12.1. The first kappa shape index (κ1) is 22.7. The Hall–Kier alpha value is -1.57. The summed E-state index contributed by atoms with van der Waals surface area (Å²) in [4.78, 5) is 0. The van der Waals surface area contributed by atoms with Crippen LogP contribution in [0.25, 0.3) is 0 Å². The van der Waals surface area contributed by atoms with E-state index >= 15 is 0 Å². The minimum Gasteiger partial charge on any atom is -0.493 e. The van der Waals surface area contributed by atoms with Crippen LogP contribution in [0.4, 0.5) is 4.39 Å². The molecule has 28 heavy (non-hydrogen) atoms. The van der Waals surface area contributed by atoms with Crippen LogP contribution in [0, 0.1) is 5.82 Å². The molecule has 2 aromatic rings. The van der Waals surface area contributed by atoms with Gasteiger partial charge >= 0.3 is 0 Å². The lowest BCUT2D eigenvalue weighted by molar-refractivity contribution is 0.279. The number of hydrogen-bond acceptors (Lipinski definition) is 5. The average Bonchev–Trinajstić information content (AvgIpc) is 2.68. The Morgan fingerprint density at radius 1 is 1.04 bits per heavy atom. The lowest BCUT2D eigenvalue weighted by Crippen LogP contribution is -2.24. The van der Waals surface area contributed by atoms with E-state index in [1.54, 1.807) is 24.3 Å². The minimum absolute atomic E-state index is 0.0311. The Morgan fingerprint density at radius 3 is 2.54 bits per heavy atom. The molecule has 0 aliphatic carbocycles. The summed E-state index contributed by atoms with van der Waals surface area (Å²) in [6.07, 6.45) is 0.930. The average molecular weight is 431 g/mol. The van der Waals surface area contributed by atoms with Gasteiger partial charge in [-0.15, -0.1) is 0 Å². The number of benzene rings is 2. The van der Waals surface area contributed by atoms with E-state index in [1.807, 2.05) is 0 Å². The molecule has 0 amide bonds. The molecule has 0 heterocycles. The summed E-state index contributed by atoms with van der Waals surface area (Å²) in [5.74, 6) is 0.508. The minimum atomic E-state index is -0.424. The quantitative estimate of drug-likeness (QED) is 0.447. The van der Waals surface area contributed by atoms with Crippen molar-refractivity contribution in [2.45, 2.75) is 19.6 Å². The van der Waals surface area contributed by atoms with E-state index in [1.165, 1.54) is 13.2 Å². The fourth-order valence-corrected chi connectivity index (χ4v) is 3.01. The molecule has 0 atom stereocenters. The summed E-state index contributed by atoms with van der Waals surface area (Å²) >= 11 is 12.4. The van der Waals surface area contributed by atoms with Crippen LogP contribution in [0.2, 0.25) is 10.0 Å². The van der Waals surface area contributed by atoms with Crippen molar-refractivity contribution in [1.82, 2.24) is 10.6 Å². The molecule has 0 aliphatic heterocycles. The Bertz CT molecular complexity index is 742. The topological polar surface area (TPSA) is 62.8 Å². The van der Waals surface area contributed by atoms with Crippen molar-refractivity contribution < 1.29 is 19.0 Å². The summed E-state index contributed by atoms with van der Waals surface area (Å²) in [5, 5.41) is 16.0. The maximum Gasteiger partial charge on any atom is 0.163 e. The molecule has 0 aromatic heterocycles. The van der Waals surface area contributed by atoms with Crippen LogP contribution in [-0.2, 0) is 13.2 Å². The van der Waals surface area contributed by atoms with Gasteiger partial charge in [0.25, 0.3) is 0 Å². The summed E-state index contributed by atoms with van der Waals surface area (Å²) in [5.41, 5.74) is 1.15. The van der Waals surface area contributed by atoms with E-state index in [0.717, 1.165) is 25.1 Å². The Labute approximate surface area is 174 Å². The van der Waals surface area contributed by atoms with E-state index in [0.29, 0.717) is 34.6 Å². The maximum atomic E-state index is 13.9. The highest BCUT2D eigenvalue weighted by Gasteiger charge is 2.13. The van der Waals surface area contributed by atoms with Crippen LogP contribution in [0.15, 0.2) is 30.3 Å². The predicted molar refractivity (Wildman–Crippen MR) is 110 cm³/mol. The molecule has 0 saturated heterocycles. The van der Waals surface area contributed by atoms with E-state index in [9.17, 15) is 4.39 Å². The zero-order valence-electron chi connectivity index (χ0n) is 15.7. The van der Waals surface area contributed by atoms with Gasteiger partial charge in [0, 0.05) is 29.7 Å². The number of aliphatic hydroxyl groups excluding tert-OH is 1. The third kappa shape index (κ3) is 6.79. The third-order valence-corrected chi connectivity index (χ3v) is 4.78. The summed E-state index contributed by atoms with van der Waals surface area (Å²) in [6.45, 7) is 2.92. The standard InChI is InChI=1S/C20H25Cl2FN2O3/c1-27-19-10-14(12-25-7-3-6-24-8-9-26)17(22)11-20(19)28-13-15-16(21)4-2-5-18(15)23/h2,4-5,10-11,24-26H,3,6-9,12-13H2,1H3. The second-order valence-electron chi connectivity index (χ2n) is 6.09. The highest BCUT2D eigenvalue weighted by Crippen LogP contribution is 2.34. The van der Waals surface area contributed by atoms with Crippen molar-refractivity contribution in [2.24, 2.45) is 0 Å². The molecule has 3 N–H and O–H groups in total. The first-order valence-corrected chi connectivity index (χ1v) is 9.76. The molecule has 0 unspecified atom stereocenters. The third-order valence-electron chi connectivity index (χ3n) is 4.08. The molecule has 0 spiro atoms. The summed E-state index contributed by atoms with van der Waals surface area (Å²) < 4.78 is 25.0. The highest BCUT2D eigenvalue weighted by atomic mass is 35.5. The van der Waals surface area contributed by atoms with Gasteiger partial charge in [-0.1, -0.05) is 29.3 Å². The Balaban J connectivity index is 1.95. The smallest absolute Gasteiger partial charge is 0.163 e. The van der Waals surface area contributed by atoms with Gasteiger partial charge in [0.05, 0.1) is 18.7 Å². The fourth-order valence-electron chi connectivity index (χ4n) is 2.57. The van der Waals surface area contributed by atoms with Crippen molar-refractivity contribution in [3.63, 3.8) is 0 Å². The van der Waals surface area contributed by atoms with E-state index in [-0.39, 0.29) is 18.8 Å². The molecule has 0 saturated carbocycles. The molecule has 0 fully saturated rings. The van der Waals surface area contributed by atoms with Crippen LogP contribution in [0.5, 0.6) is 11.5 Å². The summed E-state index contributed by atoms with van der Waals surface area (Å²) in [6, 6.07) is 7.96. The molecule has 0 radical (unpaired) electrons. The number of hydrogen-bond donors (Lipinski definition) is 3. The molecule has 0 aliphatic rings. The lowest BCUT2D eigenvalue weighted by Gasteiger charge is -2.15. The predicted octanol–water partition coefficient (Wildman–Crippen LogP) is 3.78. The largest absolute Gasteiger partial charge is 0.493 e. The van der Waals surface area contributed by atoms with Crippen LogP contribution in [-0.4, -0.2) is 38.5 Å². The number of nitrogens with one attached hydrogen (secondary N) is 2. The maximum absolute atomic E-state index is 13.9. The lowest BCUT2D eigenvalue weighted by atomic mass is 10.2. The molecular weight excluding hydrogens is 406 g/mol. The molecule has 154 valence electrons. The first-order valence-electron chi connectivity index (χ1n) is 9.01. The molecule has 2 rings (SSSR count). The zero-order valence-corrected chi connectivity index (χ0v) is 17.2. The van der Waals surface area contributed by atoms with E-state index in [2.05, 4.69) is 10.6 Å². The SMILES string of the molecule is COc1cc(CNCCCNCCO)c(Cl)cc1OCc1c(F)cccc1Cl. The first-order chi connectivity index (χ1) is 13.6. The van der Waals surface area contributed by atoms with Gasteiger partial charge in [0.1, 0.15) is 12.4 Å². The van der Waals surface area contributed by atoms with Crippen molar-refractivity contribution in [3.05, 3.63) is 57.3 Å². The van der Waals surface area contributed by atoms with Gasteiger partial charge < -0.3 is 25.2 Å². The van der Waals surface area contributed by atoms with Crippen molar-refractivity contribution in [2.75, 3.05) is 33.4 Å². The van der Waals surface area contributed by atoms with Crippen molar-refractivity contribution in [1.29, 1.82) is 0 Å². The van der Waals surface area contributed by atoms with Crippen LogP contribution in [0.1, 0.15) is 17.5 Å². The number of rotatable bonds is 12. The second-order valence-corrected chi connectivity index (χ2v) is 6.90. The number of halogens is 3. The normalized spacial score (nSPS) is 10.9.